The van der Waals surface area contributed by atoms with Crippen molar-refractivity contribution in [1.29, 1.82) is 5.26 Å². The third-order valence-corrected chi connectivity index (χ3v) is 7.26. The highest BCUT2D eigenvalue weighted by Crippen LogP contribution is 2.35. The second kappa shape index (κ2) is 6.89. The summed E-state index contributed by atoms with van der Waals surface area (Å²) in [7, 11) is 1.94. The van der Waals surface area contributed by atoms with Gasteiger partial charge in [0, 0.05) is 47.1 Å². The van der Waals surface area contributed by atoms with Crippen molar-refractivity contribution in [3.8, 4) is 16.4 Å². The lowest BCUT2D eigenvalue weighted by Crippen LogP contribution is -2.29. The minimum Gasteiger partial charge on any atom is -0.311 e. The molecule has 4 aromatic rings. The molecule has 0 N–H and O–H groups in total. The molecule has 1 aliphatic rings. The number of fused-ring (bicyclic) bond motifs is 2. The zero-order chi connectivity index (χ0) is 20.1. The number of pyridine rings is 1. The van der Waals surface area contributed by atoms with Crippen LogP contribution in [-0.2, 0) is 7.05 Å². The highest BCUT2D eigenvalue weighted by molar-refractivity contribution is 7.22. The van der Waals surface area contributed by atoms with Crippen LogP contribution in [0.25, 0.3) is 31.4 Å². The van der Waals surface area contributed by atoms with Gasteiger partial charge < -0.3 is 4.57 Å². The summed E-state index contributed by atoms with van der Waals surface area (Å²) in [6, 6.07) is 8.69. The van der Waals surface area contributed by atoms with Crippen LogP contribution in [-0.4, -0.2) is 21.1 Å². The highest BCUT2D eigenvalue weighted by atomic mass is 32.1. The number of hydrogen-bond acceptors (Lipinski definition) is 4. The lowest BCUT2D eigenvalue weighted by atomic mass is 9.42. The molecule has 0 bridgehead atoms. The molecule has 0 spiro atoms. The fourth-order valence-corrected chi connectivity index (χ4v) is 5.61. The Bertz CT molecular complexity index is 1330. The molecule has 29 heavy (non-hydrogen) atoms. The molecular weight excluding hydrogens is 379 g/mol. The Morgan fingerprint density at radius 1 is 1.24 bits per heavy atom. The van der Waals surface area contributed by atoms with Crippen LogP contribution in [0.3, 0.4) is 0 Å². The van der Waals surface area contributed by atoms with Crippen LogP contribution in [0, 0.1) is 18.2 Å². The number of aryl methyl sites for hydroxylation is 2. The summed E-state index contributed by atoms with van der Waals surface area (Å²) < 4.78 is 4.55. The normalized spacial score (nSPS) is 15.3. The Labute approximate surface area is 173 Å². The summed E-state index contributed by atoms with van der Waals surface area (Å²) in [6.45, 7) is 2.22. The minimum atomic E-state index is 0.0957. The molecule has 144 valence electrons. The van der Waals surface area contributed by atoms with E-state index in [9.17, 15) is 4.79 Å². The van der Waals surface area contributed by atoms with Crippen molar-refractivity contribution in [3.05, 3.63) is 52.6 Å². The molecule has 3 aromatic heterocycles. The fourth-order valence-electron chi connectivity index (χ4n) is 4.53. The Morgan fingerprint density at radius 3 is 2.79 bits per heavy atom. The molecule has 0 amide bonds. The van der Waals surface area contributed by atoms with Gasteiger partial charge >= 0.3 is 0 Å². The van der Waals surface area contributed by atoms with Crippen LogP contribution in [0.4, 0.5) is 0 Å². The molecule has 5 rings (SSSR count). The first-order chi connectivity index (χ1) is 14.0. The summed E-state index contributed by atoms with van der Waals surface area (Å²) >= 11 is 1.57. The molecule has 1 aromatic carbocycles. The van der Waals surface area contributed by atoms with E-state index >= 15 is 0 Å². The number of benzene rings is 1. The van der Waals surface area contributed by atoms with Gasteiger partial charge in [-0.05, 0) is 55.2 Å². The monoisotopic (exact) mass is 400 g/mol. The summed E-state index contributed by atoms with van der Waals surface area (Å²) in [5.74, 6) is 2.37. The van der Waals surface area contributed by atoms with E-state index in [-0.39, 0.29) is 18.3 Å². The molecule has 1 fully saturated rings. The second-order valence-corrected chi connectivity index (χ2v) is 9.14. The van der Waals surface area contributed by atoms with Crippen LogP contribution in [0.2, 0.25) is 12.6 Å². The molecule has 4 heterocycles. The van der Waals surface area contributed by atoms with Crippen LogP contribution in [0.1, 0.15) is 24.4 Å². The molecule has 0 aliphatic carbocycles. The number of hydrogen-bond donors (Lipinski definition) is 0. The lowest BCUT2D eigenvalue weighted by molar-refractivity contribution is 0.445. The number of thiophene rings is 1. The predicted octanol–water partition coefficient (Wildman–Crippen LogP) is 4.82. The average molecular weight is 400 g/mol. The first kappa shape index (κ1) is 18.2. The average Bonchev–Trinajstić information content (AvgIpc) is 3.32. The summed E-state index contributed by atoms with van der Waals surface area (Å²) in [6.07, 6.45) is 7.53. The Balaban J connectivity index is 1.55. The standard InChI is InChI=1S/C22H21BN4OS/c1-14-9-16(10-17-12-26(2)25-20(14)17)19-11-15-5-8-27(22(28)21(15)29-19)18-3-6-23(13-24)7-4-18/h5,8-12,18H,3-4,6-7H2,1-2H3. The van der Waals surface area contributed by atoms with E-state index in [0.29, 0.717) is 0 Å². The van der Waals surface area contributed by atoms with Crippen LogP contribution < -0.4 is 5.56 Å². The molecule has 0 radical (unpaired) electrons. The molecule has 0 saturated carbocycles. The topological polar surface area (TPSA) is 63.6 Å². The highest BCUT2D eigenvalue weighted by Gasteiger charge is 2.26. The van der Waals surface area contributed by atoms with Gasteiger partial charge in [0.25, 0.3) is 12.3 Å². The van der Waals surface area contributed by atoms with Crippen molar-refractivity contribution < 1.29 is 0 Å². The van der Waals surface area contributed by atoms with E-state index < -0.39 is 0 Å². The lowest BCUT2D eigenvalue weighted by Gasteiger charge is -2.25. The summed E-state index contributed by atoms with van der Waals surface area (Å²) in [5, 5.41) is 15.8. The maximum Gasteiger partial charge on any atom is 0.268 e. The van der Waals surface area contributed by atoms with Gasteiger partial charge in [-0.2, -0.15) is 5.10 Å². The van der Waals surface area contributed by atoms with Crippen molar-refractivity contribution in [2.45, 2.75) is 38.4 Å². The van der Waals surface area contributed by atoms with Gasteiger partial charge in [-0.1, -0.05) is 12.6 Å². The van der Waals surface area contributed by atoms with Crippen molar-refractivity contribution in [2.24, 2.45) is 7.05 Å². The number of rotatable bonds is 2. The van der Waals surface area contributed by atoms with Crippen LogP contribution in [0.5, 0.6) is 0 Å². The largest absolute Gasteiger partial charge is 0.311 e. The minimum absolute atomic E-state index is 0.0957. The van der Waals surface area contributed by atoms with Crippen molar-refractivity contribution in [1.82, 2.24) is 14.3 Å². The third-order valence-electron chi connectivity index (χ3n) is 6.08. The van der Waals surface area contributed by atoms with Gasteiger partial charge in [-0.15, -0.1) is 11.3 Å². The Kier molecular flexibility index (Phi) is 4.32. The van der Waals surface area contributed by atoms with E-state index in [2.05, 4.69) is 42.3 Å². The zero-order valence-corrected chi connectivity index (χ0v) is 17.4. The Hall–Kier alpha value is -2.85. The maximum absolute atomic E-state index is 13.2. The van der Waals surface area contributed by atoms with E-state index in [1.54, 1.807) is 11.3 Å². The van der Waals surface area contributed by atoms with Gasteiger partial charge in [0.15, 0.2) is 0 Å². The first-order valence-corrected chi connectivity index (χ1v) is 10.8. The molecule has 7 heteroatoms. The van der Waals surface area contributed by atoms with E-state index in [0.717, 1.165) is 62.5 Å². The van der Waals surface area contributed by atoms with Gasteiger partial charge in [0.2, 0.25) is 0 Å². The quantitative estimate of drug-likeness (QED) is 0.454. The van der Waals surface area contributed by atoms with E-state index in [4.69, 9.17) is 5.26 Å². The van der Waals surface area contributed by atoms with E-state index in [1.807, 2.05) is 28.7 Å². The fraction of sp³-hybridized carbons (Fsp3) is 0.318. The molecule has 0 atom stereocenters. The second-order valence-electron chi connectivity index (χ2n) is 8.09. The maximum atomic E-state index is 13.2. The predicted molar refractivity (Wildman–Crippen MR) is 120 cm³/mol. The van der Waals surface area contributed by atoms with Gasteiger partial charge in [-0.3, -0.25) is 9.48 Å². The summed E-state index contributed by atoms with van der Waals surface area (Å²) in [4.78, 5) is 14.3. The first-order valence-electron chi connectivity index (χ1n) is 10.0. The zero-order valence-electron chi connectivity index (χ0n) is 16.6. The smallest absolute Gasteiger partial charge is 0.268 e. The molecule has 0 unspecified atom stereocenters. The molecular formula is C22H21BN4OS. The summed E-state index contributed by atoms with van der Waals surface area (Å²) in [5.41, 5.74) is 3.39. The van der Waals surface area contributed by atoms with Crippen LogP contribution in [0.15, 0.2) is 41.5 Å². The number of nitrogens with zero attached hydrogens (tertiary/aromatic N) is 4. The number of nitriles is 1. The van der Waals surface area contributed by atoms with Gasteiger partial charge in [-0.25, -0.2) is 5.26 Å². The Morgan fingerprint density at radius 2 is 2.03 bits per heavy atom. The third kappa shape index (κ3) is 3.08. The SMILES string of the molecule is Cc1cc(-c2cc3ccn(C4CCB(C#N)CC4)c(=O)c3s2)cc2cn(C)nc12. The van der Waals surface area contributed by atoms with Crippen molar-refractivity contribution in [2.75, 3.05) is 0 Å². The molecule has 1 saturated heterocycles. The molecule has 1 aliphatic heterocycles. The van der Waals surface area contributed by atoms with Gasteiger partial charge in [0.1, 0.15) is 4.70 Å². The number of aromatic nitrogens is 3. The van der Waals surface area contributed by atoms with Gasteiger partial charge in [0.05, 0.1) is 5.52 Å². The van der Waals surface area contributed by atoms with Crippen molar-refractivity contribution in [3.63, 3.8) is 0 Å². The van der Waals surface area contributed by atoms with E-state index in [1.165, 1.54) is 0 Å². The van der Waals surface area contributed by atoms with Crippen LogP contribution >= 0.6 is 11.3 Å². The van der Waals surface area contributed by atoms with Crippen molar-refractivity contribution >= 4 is 39.0 Å². The molecule has 5 nitrogen and oxygen atoms in total.